The Kier molecular flexibility index (Phi) is 5.51. The molecule has 0 saturated carbocycles. The lowest BCUT2D eigenvalue weighted by Crippen LogP contribution is -2.52. The van der Waals surface area contributed by atoms with Crippen LogP contribution in [0.2, 0.25) is 0 Å². The normalized spacial score (nSPS) is 12.5. The van der Waals surface area contributed by atoms with Gasteiger partial charge < -0.3 is 5.73 Å². The van der Waals surface area contributed by atoms with E-state index in [0.717, 1.165) is 32.5 Å². The van der Waals surface area contributed by atoms with Crippen molar-refractivity contribution < 1.29 is 0 Å². The maximum atomic E-state index is 5.84. The van der Waals surface area contributed by atoms with Gasteiger partial charge >= 0.3 is 0 Å². The summed E-state index contributed by atoms with van der Waals surface area (Å²) in [5, 5.41) is 0. The molecule has 0 heterocycles. The molecule has 0 unspecified atom stereocenters. The zero-order chi connectivity index (χ0) is 9.61. The molecule has 2 N–H and O–H groups in total. The Hall–Kier alpha value is -0.0800. The first-order valence-corrected chi connectivity index (χ1v) is 5.15. The van der Waals surface area contributed by atoms with E-state index in [-0.39, 0.29) is 5.54 Å². The highest BCUT2D eigenvalue weighted by molar-refractivity contribution is 4.88. The van der Waals surface area contributed by atoms with E-state index in [1.165, 1.54) is 0 Å². The average Bonchev–Trinajstić information content (AvgIpc) is 2.14. The number of nitrogens with zero attached hydrogens (tertiary/aromatic N) is 1. The van der Waals surface area contributed by atoms with E-state index in [1.807, 2.05) is 0 Å². The van der Waals surface area contributed by atoms with Crippen LogP contribution in [0.25, 0.3) is 0 Å². The number of hydrogen-bond acceptors (Lipinski definition) is 2. The second-order valence-electron chi connectivity index (χ2n) is 3.31. The minimum atomic E-state index is 0.253. The fourth-order valence-corrected chi connectivity index (χ4v) is 2.01. The van der Waals surface area contributed by atoms with Crippen molar-refractivity contribution in [3.63, 3.8) is 0 Å². The Morgan fingerprint density at radius 2 is 1.42 bits per heavy atom. The molecule has 0 aromatic heterocycles. The van der Waals surface area contributed by atoms with E-state index in [1.54, 1.807) is 0 Å². The predicted octanol–water partition coefficient (Wildman–Crippen LogP) is 1.85. The molecule has 2 heteroatoms. The van der Waals surface area contributed by atoms with Crippen LogP contribution in [0.4, 0.5) is 0 Å². The van der Waals surface area contributed by atoms with Gasteiger partial charge in [0.2, 0.25) is 0 Å². The van der Waals surface area contributed by atoms with E-state index >= 15 is 0 Å². The van der Waals surface area contributed by atoms with Gasteiger partial charge in [-0.2, -0.15) is 0 Å². The Bertz CT molecular complexity index is 96.1. The molecule has 0 fully saturated rings. The van der Waals surface area contributed by atoms with Crippen molar-refractivity contribution in [2.45, 2.75) is 46.1 Å². The van der Waals surface area contributed by atoms with Crippen LogP contribution in [-0.2, 0) is 0 Å². The zero-order valence-corrected chi connectivity index (χ0v) is 9.06. The molecular formula is C10H24N2. The fraction of sp³-hybridized carbons (Fsp3) is 1.00. The van der Waals surface area contributed by atoms with Gasteiger partial charge in [0.25, 0.3) is 0 Å². The number of rotatable bonds is 6. The van der Waals surface area contributed by atoms with Crippen LogP contribution in [0.15, 0.2) is 0 Å². The van der Waals surface area contributed by atoms with Gasteiger partial charge in [-0.05, 0) is 25.9 Å². The van der Waals surface area contributed by atoms with Crippen LogP contribution < -0.4 is 5.73 Å². The van der Waals surface area contributed by atoms with Crippen molar-refractivity contribution in [1.82, 2.24) is 4.90 Å². The SMILES string of the molecule is CCN(CC)C(CC)(CC)CN. The number of nitrogens with two attached hydrogens (primary N) is 1. The summed E-state index contributed by atoms with van der Waals surface area (Å²) in [7, 11) is 0. The van der Waals surface area contributed by atoms with E-state index in [9.17, 15) is 0 Å². The van der Waals surface area contributed by atoms with E-state index in [4.69, 9.17) is 5.73 Å². The maximum absolute atomic E-state index is 5.84. The molecule has 0 aromatic rings. The number of hydrogen-bond donors (Lipinski definition) is 1. The topological polar surface area (TPSA) is 29.3 Å². The van der Waals surface area contributed by atoms with Gasteiger partial charge in [0.1, 0.15) is 0 Å². The minimum Gasteiger partial charge on any atom is -0.329 e. The molecule has 0 aromatic carbocycles. The molecule has 0 spiro atoms. The average molecular weight is 172 g/mol. The van der Waals surface area contributed by atoms with Crippen molar-refractivity contribution in [2.75, 3.05) is 19.6 Å². The monoisotopic (exact) mass is 172 g/mol. The summed E-state index contributed by atoms with van der Waals surface area (Å²) in [5.41, 5.74) is 6.09. The Labute approximate surface area is 77.1 Å². The zero-order valence-electron chi connectivity index (χ0n) is 9.06. The van der Waals surface area contributed by atoms with Gasteiger partial charge in [-0.1, -0.05) is 27.7 Å². The molecule has 0 aliphatic rings. The first kappa shape index (κ1) is 11.9. The molecule has 2 nitrogen and oxygen atoms in total. The van der Waals surface area contributed by atoms with Crippen LogP contribution >= 0.6 is 0 Å². The number of likely N-dealkylation sites (N-methyl/N-ethyl adjacent to an activating group) is 1. The van der Waals surface area contributed by atoms with Crippen LogP contribution in [0.5, 0.6) is 0 Å². The van der Waals surface area contributed by atoms with Gasteiger partial charge in [-0.3, -0.25) is 4.90 Å². The molecule has 0 radical (unpaired) electrons. The third-order valence-electron chi connectivity index (χ3n) is 3.13. The van der Waals surface area contributed by atoms with E-state index < -0.39 is 0 Å². The summed E-state index contributed by atoms with van der Waals surface area (Å²) in [6.07, 6.45) is 2.31. The van der Waals surface area contributed by atoms with Crippen LogP contribution in [-0.4, -0.2) is 30.1 Å². The molecule has 0 amide bonds. The predicted molar refractivity (Wildman–Crippen MR) is 55.3 cm³/mol. The Morgan fingerprint density at radius 1 is 1.00 bits per heavy atom. The molecule has 0 aliphatic carbocycles. The van der Waals surface area contributed by atoms with Crippen molar-refractivity contribution in [1.29, 1.82) is 0 Å². The van der Waals surface area contributed by atoms with Gasteiger partial charge in [0, 0.05) is 12.1 Å². The lowest BCUT2D eigenvalue weighted by Gasteiger charge is -2.41. The summed E-state index contributed by atoms with van der Waals surface area (Å²) in [4.78, 5) is 2.48. The second kappa shape index (κ2) is 5.55. The van der Waals surface area contributed by atoms with Gasteiger partial charge in [-0.25, -0.2) is 0 Å². The van der Waals surface area contributed by atoms with Gasteiger partial charge in [0.15, 0.2) is 0 Å². The molecule has 0 atom stereocenters. The third kappa shape index (κ3) is 2.20. The van der Waals surface area contributed by atoms with Crippen molar-refractivity contribution in [3.8, 4) is 0 Å². The molecule has 0 bridgehead atoms. The summed E-state index contributed by atoms with van der Waals surface area (Å²) >= 11 is 0. The summed E-state index contributed by atoms with van der Waals surface area (Å²) in [5.74, 6) is 0. The first-order chi connectivity index (χ1) is 5.70. The maximum Gasteiger partial charge on any atom is 0.0326 e. The van der Waals surface area contributed by atoms with Gasteiger partial charge in [0.05, 0.1) is 0 Å². The second-order valence-corrected chi connectivity index (χ2v) is 3.31. The summed E-state index contributed by atoms with van der Waals surface area (Å²) in [6.45, 7) is 11.9. The first-order valence-electron chi connectivity index (χ1n) is 5.15. The molecule has 74 valence electrons. The molecule has 12 heavy (non-hydrogen) atoms. The standard InChI is InChI=1S/C10H24N2/c1-5-10(6-2,9-11)12(7-3)8-4/h5-9,11H2,1-4H3. The summed E-state index contributed by atoms with van der Waals surface area (Å²) < 4.78 is 0. The summed E-state index contributed by atoms with van der Waals surface area (Å²) in [6, 6.07) is 0. The molecule has 0 saturated heterocycles. The molecular weight excluding hydrogens is 148 g/mol. The van der Waals surface area contributed by atoms with Crippen LogP contribution in [0.3, 0.4) is 0 Å². The minimum absolute atomic E-state index is 0.253. The van der Waals surface area contributed by atoms with Crippen LogP contribution in [0.1, 0.15) is 40.5 Å². The Balaban J connectivity index is 4.42. The van der Waals surface area contributed by atoms with Crippen molar-refractivity contribution in [2.24, 2.45) is 5.73 Å². The smallest absolute Gasteiger partial charge is 0.0326 e. The Morgan fingerprint density at radius 3 is 1.50 bits per heavy atom. The fourth-order valence-electron chi connectivity index (χ4n) is 2.01. The van der Waals surface area contributed by atoms with E-state index in [0.29, 0.717) is 0 Å². The van der Waals surface area contributed by atoms with Gasteiger partial charge in [-0.15, -0.1) is 0 Å². The largest absolute Gasteiger partial charge is 0.329 e. The lowest BCUT2D eigenvalue weighted by atomic mass is 9.90. The van der Waals surface area contributed by atoms with Crippen molar-refractivity contribution >= 4 is 0 Å². The van der Waals surface area contributed by atoms with Crippen LogP contribution in [0, 0.1) is 0 Å². The highest BCUT2D eigenvalue weighted by Crippen LogP contribution is 2.21. The quantitative estimate of drug-likeness (QED) is 0.662. The highest BCUT2D eigenvalue weighted by Gasteiger charge is 2.29. The molecule has 0 rings (SSSR count). The third-order valence-corrected chi connectivity index (χ3v) is 3.13. The lowest BCUT2D eigenvalue weighted by molar-refractivity contribution is 0.0973. The van der Waals surface area contributed by atoms with Crippen molar-refractivity contribution in [3.05, 3.63) is 0 Å². The van der Waals surface area contributed by atoms with E-state index in [2.05, 4.69) is 32.6 Å². The molecule has 0 aliphatic heterocycles. The highest BCUT2D eigenvalue weighted by atomic mass is 15.2.